The first-order valence-electron chi connectivity index (χ1n) is 9.50. The number of fused-ring (bicyclic) bond motifs is 1. The number of nitrogens with zero attached hydrogens (tertiary/aromatic N) is 2. The van der Waals surface area contributed by atoms with Crippen molar-refractivity contribution in [3.63, 3.8) is 0 Å². The average molecular weight is 381 g/mol. The van der Waals surface area contributed by atoms with E-state index in [1.165, 1.54) is 11.8 Å². The van der Waals surface area contributed by atoms with E-state index in [2.05, 4.69) is 17.2 Å². The molecule has 0 saturated carbocycles. The molecule has 7 heteroatoms. The highest BCUT2D eigenvalue weighted by molar-refractivity contribution is 6.23. The molecule has 2 aromatic rings. The summed E-state index contributed by atoms with van der Waals surface area (Å²) < 4.78 is 11.6. The summed E-state index contributed by atoms with van der Waals surface area (Å²) in [6, 6.07) is 8.75. The molecule has 1 aromatic heterocycles. The van der Waals surface area contributed by atoms with Crippen LogP contribution in [0, 0.1) is 0 Å². The van der Waals surface area contributed by atoms with E-state index in [0.29, 0.717) is 30.3 Å². The van der Waals surface area contributed by atoms with Crippen molar-refractivity contribution in [1.29, 1.82) is 0 Å². The number of anilines is 1. The third-order valence-electron chi connectivity index (χ3n) is 5.44. The van der Waals surface area contributed by atoms with Crippen LogP contribution in [0.15, 0.2) is 36.5 Å². The van der Waals surface area contributed by atoms with Crippen LogP contribution >= 0.6 is 0 Å². The molecule has 28 heavy (non-hydrogen) atoms. The summed E-state index contributed by atoms with van der Waals surface area (Å²) in [5, 5.41) is 2.73. The van der Waals surface area contributed by atoms with Gasteiger partial charge in [-0.2, -0.15) is 0 Å². The first kappa shape index (κ1) is 18.4. The monoisotopic (exact) mass is 381 g/mol. The molecule has 7 nitrogen and oxygen atoms in total. The lowest BCUT2D eigenvalue weighted by Crippen LogP contribution is -2.43. The zero-order valence-corrected chi connectivity index (χ0v) is 16.2. The van der Waals surface area contributed by atoms with Gasteiger partial charge in [-0.25, -0.2) is 14.7 Å². The van der Waals surface area contributed by atoms with Gasteiger partial charge in [-0.1, -0.05) is 19.9 Å². The van der Waals surface area contributed by atoms with Crippen LogP contribution < -0.4 is 15.0 Å². The zero-order valence-electron chi connectivity index (χ0n) is 16.2. The zero-order chi connectivity index (χ0) is 19.9. The molecule has 0 unspecified atom stereocenters. The Morgan fingerprint density at radius 1 is 1.29 bits per heavy atom. The third-order valence-corrected chi connectivity index (χ3v) is 5.44. The molecular weight excluding hydrogens is 358 g/mol. The summed E-state index contributed by atoms with van der Waals surface area (Å²) in [6.45, 7) is 6.30. The standard InChI is InChI=1S/C21H23N3O4/c1-4-17-16-10-15(8-6-13(16)12-27-17)28-18-9-7-14(11-22-18)24-19(25)21(3,5-2)23-20(24)26/h6-11,17H,4-5,12H2,1-3H3,(H,23,26)/t17-,21+/m0/s1. The van der Waals surface area contributed by atoms with Crippen LogP contribution in [0.2, 0.25) is 0 Å². The van der Waals surface area contributed by atoms with Crippen molar-refractivity contribution in [2.45, 2.75) is 51.9 Å². The van der Waals surface area contributed by atoms with Crippen molar-refractivity contribution < 1.29 is 19.1 Å². The highest BCUT2D eigenvalue weighted by atomic mass is 16.5. The van der Waals surface area contributed by atoms with Crippen molar-refractivity contribution in [2.24, 2.45) is 0 Å². The predicted octanol–water partition coefficient (Wildman–Crippen LogP) is 4.08. The van der Waals surface area contributed by atoms with Gasteiger partial charge in [0.1, 0.15) is 11.3 Å². The van der Waals surface area contributed by atoms with Crippen LogP contribution in [0.4, 0.5) is 10.5 Å². The van der Waals surface area contributed by atoms with E-state index in [1.807, 2.05) is 25.1 Å². The Bertz CT molecular complexity index is 928. The molecule has 1 N–H and O–H groups in total. The van der Waals surface area contributed by atoms with Crippen LogP contribution in [0.1, 0.15) is 50.8 Å². The Balaban J connectivity index is 1.52. The normalized spacial score (nSPS) is 23.7. The second-order valence-corrected chi connectivity index (χ2v) is 7.28. The van der Waals surface area contributed by atoms with E-state index in [1.54, 1.807) is 19.1 Å². The van der Waals surface area contributed by atoms with Gasteiger partial charge in [0.2, 0.25) is 5.88 Å². The largest absolute Gasteiger partial charge is 0.439 e. The number of urea groups is 1. The predicted molar refractivity (Wildman–Crippen MR) is 103 cm³/mol. The number of hydrogen-bond acceptors (Lipinski definition) is 5. The Labute approximate surface area is 163 Å². The first-order chi connectivity index (χ1) is 13.4. The Morgan fingerprint density at radius 2 is 2.11 bits per heavy atom. The second-order valence-electron chi connectivity index (χ2n) is 7.28. The lowest BCUT2D eigenvalue weighted by atomic mass is 9.99. The number of rotatable bonds is 5. The first-order valence-corrected chi connectivity index (χ1v) is 9.50. The lowest BCUT2D eigenvalue weighted by Gasteiger charge is -2.19. The number of carbonyl (C=O) groups excluding carboxylic acids is 2. The Kier molecular flexibility index (Phi) is 4.55. The van der Waals surface area contributed by atoms with Gasteiger partial charge in [0.15, 0.2) is 0 Å². The number of nitrogens with one attached hydrogen (secondary N) is 1. The topological polar surface area (TPSA) is 80.8 Å². The maximum absolute atomic E-state index is 12.6. The van der Waals surface area contributed by atoms with Gasteiger partial charge < -0.3 is 14.8 Å². The van der Waals surface area contributed by atoms with Gasteiger partial charge in [-0.15, -0.1) is 0 Å². The number of amides is 3. The molecule has 1 saturated heterocycles. The highest BCUT2D eigenvalue weighted by Crippen LogP contribution is 2.36. The van der Waals surface area contributed by atoms with Gasteiger partial charge in [-0.3, -0.25) is 4.79 Å². The lowest BCUT2D eigenvalue weighted by molar-refractivity contribution is -0.121. The highest BCUT2D eigenvalue weighted by Gasteiger charge is 2.47. The third kappa shape index (κ3) is 3.01. The fourth-order valence-electron chi connectivity index (χ4n) is 3.53. The maximum atomic E-state index is 12.6. The molecule has 2 aliphatic heterocycles. The quantitative estimate of drug-likeness (QED) is 0.790. The molecule has 2 atom stereocenters. The summed E-state index contributed by atoms with van der Waals surface area (Å²) in [5.41, 5.74) is 1.87. The molecule has 0 spiro atoms. The molecule has 0 aliphatic carbocycles. The number of imide groups is 1. The molecular formula is C21H23N3O4. The van der Waals surface area contributed by atoms with Crippen molar-refractivity contribution in [1.82, 2.24) is 10.3 Å². The van der Waals surface area contributed by atoms with E-state index < -0.39 is 11.6 Å². The number of benzene rings is 1. The van der Waals surface area contributed by atoms with E-state index in [0.717, 1.165) is 16.9 Å². The summed E-state index contributed by atoms with van der Waals surface area (Å²) in [4.78, 5) is 30.2. The van der Waals surface area contributed by atoms with E-state index >= 15 is 0 Å². The summed E-state index contributed by atoms with van der Waals surface area (Å²) in [5.74, 6) is 0.789. The van der Waals surface area contributed by atoms with Gasteiger partial charge in [-0.05, 0) is 49.1 Å². The molecule has 1 aromatic carbocycles. The molecule has 3 amide bonds. The molecule has 4 rings (SSSR count). The second kappa shape index (κ2) is 6.91. The fraction of sp³-hybridized carbons (Fsp3) is 0.381. The van der Waals surface area contributed by atoms with Crippen LogP contribution in [-0.4, -0.2) is 22.5 Å². The smallest absolute Gasteiger partial charge is 0.329 e. The molecule has 0 bridgehead atoms. The number of ether oxygens (including phenoxy) is 2. The summed E-state index contributed by atoms with van der Waals surface area (Å²) in [6.07, 6.45) is 3.00. The minimum Gasteiger partial charge on any atom is -0.439 e. The number of hydrogen-bond donors (Lipinski definition) is 1. The van der Waals surface area contributed by atoms with Crippen LogP contribution in [-0.2, 0) is 16.1 Å². The van der Waals surface area contributed by atoms with Gasteiger partial charge in [0.05, 0.1) is 24.6 Å². The van der Waals surface area contributed by atoms with E-state index in [9.17, 15) is 9.59 Å². The number of aromatic nitrogens is 1. The Hall–Kier alpha value is -2.93. The van der Waals surface area contributed by atoms with Crippen LogP contribution in [0.3, 0.4) is 0 Å². The molecule has 0 radical (unpaired) electrons. The summed E-state index contributed by atoms with van der Waals surface area (Å²) >= 11 is 0. The van der Waals surface area contributed by atoms with Crippen molar-refractivity contribution in [3.8, 4) is 11.6 Å². The van der Waals surface area contributed by atoms with E-state index in [4.69, 9.17) is 9.47 Å². The van der Waals surface area contributed by atoms with E-state index in [-0.39, 0.29) is 12.0 Å². The molecule has 2 aliphatic rings. The van der Waals surface area contributed by atoms with Gasteiger partial charge >= 0.3 is 6.03 Å². The van der Waals surface area contributed by atoms with Gasteiger partial charge in [0.25, 0.3) is 5.91 Å². The maximum Gasteiger partial charge on any atom is 0.329 e. The molecule has 146 valence electrons. The van der Waals surface area contributed by atoms with Gasteiger partial charge in [0, 0.05) is 6.07 Å². The minimum atomic E-state index is -0.880. The summed E-state index contributed by atoms with van der Waals surface area (Å²) in [7, 11) is 0. The van der Waals surface area contributed by atoms with Crippen molar-refractivity contribution in [2.75, 3.05) is 4.90 Å². The fourth-order valence-corrected chi connectivity index (χ4v) is 3.53. The Morgan fingerprint density at radius 3 is 2.75 bits per heavy atom. The number of pyridine rings is 1. The average Bonchev–Trinajstić information content (AvgIpc) is 3.21. The van der Waals surface area contributed by atoms with Crippen molar-refractivity contribution >= 4 is 17.6 Å². The molecule has 3 heterocycles. The minimum absolute atomic E-state index is 0.0986. The van der Waals surface area contributed by atoms with Crippen LogP contribution in [0.25, 0.3) is 0 Å². The SMILES string of the molecule is CC[C@@H]1OCc2ccc(Oc3ccc(N4C(=O)N[C@](C)(CC)C4=O)cn3)cc21. The van der Waals surface area contributed by atoms with Crippen molar-refractivity contribution in [3.05, 3.63) is 47.7 Å². The number of carbonyl (C=O) groups is 2. The molecule has 1 fully saturated rings. The van der Waals surface area contributed by atoms with Crippen LogP contribution in [0.5, 0.6) is 11.6 Å².